The van der Waals surface area contributed by atoms with Gasteiger partial charge in [0.05, 0.1) is 5.41 Å². The van der Waals surface area contributed by atoms with Crippen LogP contribution >= 0.6 is 0 Å². The molecule has 4 rings (SSSR count). The first-order valence-corrected chi connectivity index (χ1v) is 6.59. The first kappa shape index (κ1) is 11.0. The molecule has 1 aromatic carbocycles. The molecular formula is C14H15N3O2. The minimum Gasteiger partial charge on any atom is -0.482 e. The third-order valence-electron chi connectivity index (χ3n) is 4.07. The fraction of sp³-hybridized carbons (Fsp3) is 0.429. The number of rotatable bonds is 3. The summed E-state index contributed by atoms with van der Waals surface area (Å²) in [5.74, 6) is 2.22. The van der Waals surface area contributed by atoms with E-state index in [1.807, 2.05) is 18.2 Å². The predicted octanol–water partition coefficient (Wildman–Crippen LogP) is 1.74. The number of benzene rings is 1. The molecule has 0 bridgehead atoms. The fourth-order valence-corrected chi connectivity index (χ4v) is 2.56. The maximum atomic E-state index is 5.86. The topological polar surface area (TPSA) is 74.2 Å². The van der Waals surface area contributed by atoms with E-state index < -0.39 is 0 Å². The molecule has 2 heterocycles. The zero-order valence-electron chi connectivity index (χ0n) is 10.5. The molecule has 2 N–H and O–H groups in total. The summed E-state index contributed by atoms with van der Waals surface area (Å²) in [6, 6.07) is 8.02. The highest BCUT2D eigenvalue weighted by molar-refractivity contribution is 5.38. The Kier molecular flexibility index (Phi) is 2.20. The zero-order chi connectivity index (χ0) is 12.9. The Morgan fingerprint density at radius 2 is 2.16 bits per heavy atom. The second-order valence-electron chi connectivity index (χ2n) is 5.36. The van der Waals surface area contributed by atoms with Gasteiger partial charge in [-0.3, -0.25) is 0 Å². The average molecular weight is 257 g/mol. The molecule has 1 aliphatic heterocycles. The van der Waals surface area contributed by atoms with Crippen molar-refractivity contribution < 1.29 is 9.26 Å². The summed E-state index contributed by atoms with van der Waals surface area (Å²) in [6.45, 7) is 0.570. The van der Waals surface area contributed by atoms with Crippen LogP contribution in [0.5, 0.6) is 5.75 Å². The highest BCUT2D eigenvalue weighted by Crippen LogP contribution is 2.46. The van der Waals surface area contributed by atoms with Crippen molar-refractivity contribution in [3.05, 3.63) is 41.5 Å². The van der Waals surface area contributed by atoms with Crippen molar-refractivity contribution in [1.29, 1.82) is 0 Å². The molecule has 19 heavy (non-hydrogen) atoms. The number of nitrogens with zero attached hydrogens (tertiary/aromatic N) is 2. The first-order valence-electron chi connectivity index (χ1n) is 6.59. The van der Waals surface area contributed by atoms with Gasteiger partial charge in [0.1, 0.15) is 5.75 Å². The average Bonchev–Trinajstić information content (AvgIpc) is 2.90. The molecular weight excluding hydrogens is 242 g/mol. The van der Waals surface area contributed by atoms with E-state index in [1.165, 1.54) is 5.56 Å². The molecule has 2 aromatic rings. The van der Waals surface area contributed by atoms with Crippen LogP contribution in [0.2, 0.25) is 0 Å². The van der Waals surface area contributed by atoms with Crippen LogP contribution in [0.1, 0.15) is 36.2 Å². The summed E-state index contributed by atoms with van der Waals surface area (Å²) in [4.78, 5) is 4.50. The second kappa shape index (κ2) is 3.81. The first-order chi connectivity index (χ1) is 9.31. The Morgan fingerprint density at radius 1 is 1.32 bits per heavy atom. The number of ether oxygens (including phenoxy) is 1. The monoisotopic (exact) mass is 257 g/mol. The van der Waals surface area contributed by atoms with E-state index in [0.29, 0.717) is 18.3 Å². The van der Waals surface area contributed by atoms with Crippen LogP contribution in [-0.2, 0) is 11.8 Å². The SMILES string of the molecule is NCC1(c2nc(C3Cc4ccccc4O3)no2)CC1. The van der Waals surface area contributed by atoms with Gasteiger partial charge < -0.3 is 15.0 Å². The Morgan fingerprint density at radius 3 is 2.89 bits per heavy atom. The highest BCUT2D eigenvalue weighted by atomic mass is 16.5. The maximum Gasteiger partial charge on any atom is 0.234 e. The van der Waals surface area contributed by atoms with E-state index in [9.17, 15) is 0 Å². The largest absolute Gasteiger partial charge is 0.482 e. The lowest BCUT2D eigenvalue weighted by molar-refractivity contribution is 0.220. The van der Waals surface area contributed by atoms with E-state index in [1.54, 1.807) is 0 Å². The van der Waals surface area contributed by atoms with Crippen molar-refractivity contribution >= 4 is 0 Å². The minimum atomic E-state index is -0.136. The lowest BCUT2D eigenvalue weighted by atomic mass is 10.1. The number of nitrogens with two attached hydrogens (primary N) is 1. The number of para-hydroxylation sites is 1. The molecule has 5 nitrogen and oxygen atoms in total. The predicted molar refractivity (Wildman–Crippen MR) is 67.8 cm³/mol. The number of hydrogen-bond donors (Lipinski definition) is 1. The Hall–Kier alpha value is -1.88. The van der Waals surface area contributed by atoms with Crippen molar-refractivity contribution in [3.63, 3.8) is 0 Å². The molecule has 1 saturated carbocycles. The van der Waals surface area contributed by atoms with Crippen LogP contribution in [0.25, 0.3) is 0 Å². The smallest absolute Gasteiger partial charge is 0.234 e. The number of aromatic nitrogens is 2. The summed E-state index contributed by atoms with van der Waals surface area (Å²) in [5.41, 5.74) is 6.91. The van der Waals surface area contributed by atoms with Crippen LogP contribution in [0.4, 0.5) is 0 Å². The maximum absolute atomic E-state index is 5.86. The van der Waals surface area contributed by atoms with Crippen LogP contribution in [0, 0.1) is 0 Å². The summed E-state index contributed by atoms with van der Waals surface area (Å²) < 4.78 is 11.2. The van der Waals surface area contributed by atoms with Gasteiger partial charge in [0.15, 0.2) is 6.10 Å². The lowest BCUT2D eigenvalue weighted by Crippen LogP contribution is -2.20. The Bertz CT molecular complexity index is 594. The van der Waals surface area contributed by atoms with Crippen molar-refractivity contribution in [3.8, 4) is 5.75 Å². The van der Waals surface area contributed by atoms with Crippen LogP contribution in [-0.4, -0.2) is 16.7 Å². The normalized spacial score (nSPS) is 22.9. The van der Waals surface area contributed by atoms with Crippen LogP contribution < -0.4 is 10.5 Å². The van der Waals surface area contributed by atoms with Gasteiger partial charge in [-0.1, -0.05) is 23.4 Å². The number of hydrogen-bond acceptors (Lipinski definition) is 5. The van der Waals surface area contributed by atoms with Gasteiger partial charge in [0, 0.05) is 13.0 Å². The summed E-state index contributed by atoms with van der Waals surface area (Å²) >= 11 is 0. The molecule has 98 valence electrons. The lowest BCUT2D eigenvalue weighted by Gasteiger charge is -2.05. The zero-order valence-corrected chi connectivity index (χ0v) is 10.5. The molecule has 0 saturated heterocycles. The summed E-state index contributed by atoms with van der Waals surface area (Å²) in [7, 11) is 0. The molecule has 1 fully saturated rings. The van der Waals surface area contributed by atoms with Gasteiger partial charge in [0.2, 0.25) is 11.7 Å². The van der Waals surface area contributed by atoms with Crippen molar-refractivity contribution in [2.75, 3.05) is 6.54 Å². The van der Waals surface area contributed by atoms with E-state index in [-0.39, 0.29) is 11.5 Å². The fourth-order valence-electron chi connectivity index (χ4n) is 2.56. The van der Waals surface area contributed by atoms with Gasteiger partial charge in [-0.15, -0.1) is 0 Å². The molecule has 0 amide bonds. The molecule has 0 spiro atoms. The molecule has 1 aliphatic carbocycles. The highest BCUT2D eigenvalue weighted by Gasteiger charge is 2.48. The Balaban J connectivity index is 1.59. The summed E-state index contributed by atoms with van der Waals surface area (Å²) in [5, 5.41) is 4.07. The second-order valence-corrected chi connectivity index (χ2v) is 5.36. The third kappa shape index (κ3) is 1.65. The molecule has 2 aliphatic rings. The van der Waals surface area contributed by atoms with Gasteiger partial charge in [-0.2, -0.15) is 4.98 Å². The van der Waals surface area contributed by atoms with Crippen molar-refractivity contribution in [1.82, 2.24) is 10.1 Å². The van der Waals surface area contributed by atoms with Crippen LogP contribution in [0.3, 0.4) is 0 Å². The quantitative estimate of drug-likeness (QED) is 0.906. The minimum absolute atomic E-state index is 0.0588. The standard InChI is InChI=1S/C14H15N3O2/c15-8-14(5-6-14)13-16-12(17-19-13)11-7-9-3-1-2-4-10(9)18-11/h1-4,11H,5-8,15H2. The summed E-state index contributed by atoms with van der Waals surface area (Å²) in [6.07, 6.45) is 2.74. The van der Waals surface area contributed by atoms with Gasteiger partial charge >= 0.3 is 0 Å². The molecule has 1 atom stereocenters. The van der Waals surface area contributed by atoms with Crippen molar-refractivity contribution in [2.24, 2.45) is 5.73 Å². The van der Waals surface area contributed by atoms with E-state index in [0.717, 1.165) is 25.0 Å². The van der Waals surface area contributed by atoms with Gasteiger partial charge in [0.25, 0.3) is 0 Å². The molecule has 5 heteroatoms. The van der Waals surface area contributed by atoms with Crippen molar-refractivity contribution in [2.45, 2.75) is 30.8 Å². The third-order valence-corrected chi connectivity index (χ3v) is 4.07. The molecule has 1 unspecified atom stereocenters. The van der Waals surface area contributed by atoms with E-state index >= 15 is 0 Å². The van der Waals surface area contributed by atoms with E-state index in [2.05, 4.69) is 16.2 Å². The molecule has 0 radical (unpaired) electrons. The van der Waals surface area contributed by atoms with E-state index in [4.69, 9.17) is 15.0 Å². The van der Waals surface area contributed by atoms with Gasteiger partial charge in [-0.05, 0) is 24.5 Å². The molecule has 1 aromatic heterocycles. The van der Waals surface area contributed by atoms with Gasteiger partial charge in [-0.25, -0.2) is 0 Å². The van der Waals surface area contributed by atoms with Crippen LogP contribution in [0.15, 0.2) is 28.8 Å². The Labute approximate surface area is 110 Å². The number of fused-ring (bicyclic) bond motifs is 1.